The van der Waals surface area contributed by atoms with Crippen molar-refractivity contribution in [2.24, 2.45) is 5.73 Å². The van der Waals surface area contributed by atoms with Crippen LogP contribution in [0.25, 0.3) is 10.9 Å². The lowest BCUT2D eigenvalue weighted by Gasteiger charge is -2.04. The average molecular weight is 316 g/mol. The van der Waals surface area contributed by atoms with Gasteiger partial charge in [0.1, 0.15) is 0 Å². The number of amides is 1. The van der Waals surface area contributed by atoms with Gasteiger partial charge in [-0.25, -0.2) is 0 Å². The standard InChI is InChI=1S/C15H18N2O.C3H6O2/c1-2-3-13-7-6-12-10-11(5-9-15(16)18)4-8-14(12)17-13;1-2-5-3-4/h4,6-8,10H,2-3,5,9H2,1H3,(H2,16,18);3H,2H2,1H3. The second-order valence-corrected chi connectivity index (χ2v) is 5.10. The molecule has 0 aliphatic rings. The number of fused-ring (bicyclic) bond motifs is 1. The van der Waals surface area contributed by atoms with Gasteiger partial charge in [0.05, 0.1) is 12.1 Å². The maximum Gasteiger partial charge on any atom is 0.293 e. The van der Waals surface area contributed by atoms with Gasteiger partial charge in [-0.2, -0.15) is 0 Å². The van der Waals surface area contributed by atoms with Gasteiger partial charge in [0.15, 0.2) is 0 Å². The summed E-state index contributed by atoms with van der Waals surface area (Å²) in [5.41, 5.74) is 8.44. The Kier molecular flexibility index (Phi) is 8.36. The average Bonchev–Trinajstić information content (AvgIpc) is 2.54. The van der Waals surface area contributed by atoms with Crippen LogP contribution in [0.3, 0.4) is 0 Å². The van der Waals surface area contributed by atoms with E-state index in [1.807, 2.05) is 12.1 Å². The molecule has 5 heteroatoms. The van der Waals surface area contributed by atoms with Crippen molar-refractivity contribution in [3.8, 4) is 0 Å². The number of rotatable bonds is 7. The Bertz CT molecular complexity index is 641. The molecule has 2 rings (SSSR count). The number of benzene rings is 1. The number of primary amides is 1. The number of nitrogens with zero attached hydrogens (tertiary/aromatic N) is 1. The highest BCUT2D eigenvalue weighted by atomic mass is 16.5. The molecule has 1 aromatic carbocycles. The maximum atomic E-state index is 10.8. The van der Waals surface area contributed by atoms with Crippen molar-refractivity contribution in [3.05, 3.63) is 41.6 Å². The fraction of sp³-hybridized carbons (Fsp3) is 0.389. The first-order valence-electron chi connectivity index (χ1n) is 7.82. The second kappa shape index (κ2) is 10.3. The molecule has 1 amide bonds. The zero-order valence-electron chi connectivity index (χ0n) is 13.7. The van der Waals surface area contributed by atoms with E-state index >= 15 is 0 Å². The molecule has 0 fully saturated rings. The fourth-order valence-corrected chi connectivity index (χ4v) is 2.10. The number of ether oxygens (including phenoxy) is 1. The Morgan fingerprint density at radius 2 is 2.00 bits per heavy atom. The molecule has 2 N–H and O–H groups in total. The Morgan fingerprint density at radius 1 is 1.22 bits per heavy atom. The van der Waals surface area contributed by atoms with E-state index in [1.165, 1.54) is 0 Å². The summed E-state index contributed by atoms with van der Waals surface area (Å²) in [7, 11) is 0. The summed E-state index contributed by atoms with van der Waals surface area (Å²) < 4.78 is 4.15. The van der Waals surface area contributed by atoms with Crippen molar-refractivity contribution in [2.45, 2.75) is 39.5 Å². The Labute approximate surface area is 136 Å². The smallest absolute Gasteiger partial charge is 0.293 e. The van der Waals surface area contributed by atoms with Gasteiger partial charge in [-0.1, -0.05) is 25.5 Å². The van der Waals surface area contributed by atoms with E-state index in [4.69, 9.17) is 5.73 Å². The molecular weight excluding hydrogens is 292 g/mol. The summed E-state index contributed by atoms with van der Waals surface area (Å²) in [5.74, 6) is -0.258. The maximum absolute atomic E-state index is 10.8. The van der Waals surface area contributed by atoms with Gasteiger partial charge in [0.25, 0.3) is 6.47 Å². The van der Waals surface area contributed by atoms with Crippen LogP contribution in [-0.2, 0) is 27.2 Å². The van der Waals surface area contributed by atoms with Crippen molar-refractivity contribution in [2.75, 3.05) is 6.61 Å². The van der Waals surface area contributed by atoms with E-state index < -0.39 is 0 Å². The van der Waals surface area contributed by atoms with Gasteiger partial charge in [0, 0.05) is 17.5 Å². The molecular formula is C18H24N2O3. The highest BCUT2D eigenvalue weighted by Crippen LogP contribution is 2.16. The van der Waals surface area contributed by atoms with Gasteiger partial charge in [-0.3, -0.25) is 14.6 Å². The molecule has 0 spiro atoms. The summed E-state index contributed by atoms with van der Waals surface area (Å²) in [6.07, 6.45) is 3.21. The Hall–Kier alpha value is -2.43. The van der Waals surface area contributed by atoms with Crippen molar-refractivity contribution in [1.82, 2.24) is 4.98 Å². The SMILES string of the molecule is CCCc1ccc2cc(CCC(N)=O)ccc2n1.CCOC=O. The van der Waals surface area contributed by atoms with Gasteiger partial charge in [-0.15, -0.1) is 0 Å². The number of hydrogen-bond donors (Lipinski definition) is 1. The number of hydrogen-bond acceptors (Lipinski definition) is 4. The van der Waals surface area contributed by atoms with E-state index in [0.717, 1.165) is 35.0 Å². The van der Waals surface area contributed by atoms with Crippen molar-refractivity contribution >= 4 is 23.3 Å². The van der Waals surface area contributed by atoms with Crippen molar-refractivity contribution < 1.29 is 14.3 Å². The highest BCUT2D eigenvalue weighted by Gasteiger charge is 2.01. The molecule has 1 heterocycles. The molecule has 0 saturated carbocycles. The first kappa shape index (κ1) is 18.6. The molecule has 0 saturated heterocycles. The van der Waals surface area contributed by atoms with E-state index in [-0.39, 0.29) is 5.91 Å². The number of aromatic nitrogens is 1. The predicted molar refractivity (Wildman–Crippen MR) is 90.9 cm³/mol. The third kappa shape index (κ3) is 6.91. The third-order valence-corrected chi connectivity index (χ3v) is 3.21. The van der Waals surface area contributed by atoms with Crippen LogP contribution in [-0.4, -0.2) is 24.0 Å². The summed E-state index contributed by atoms with van der Waals surface area (Å²) in [6.45, 7) is 4.82. The number of pyridine rings is 1. The van der Waals surface area contributed by atoms with Crippen molar-refractivity contribution in [1.29, 1.82) is 0 Å². The van der Waals surface area contributed by atoms with Crippen LogP contribution in [0.1, 0.15) is 37.9 Å². The normalized spacial score (nSPS) is 9.83. The quantitative estimate of drug-likeness (QED) is 0.796. The van der Waals surface area contributed by atoms with E-state index in [2.05, 4.69) is 34.8 Å². The van der Waals surface area contributed by atoms with Crippen LogP contribution in [0.5, 0.6) is 0 Å². The van der Waals surface area contributed by atoms with Crippen LogP contribution in [0.2, 0.25) is 0 Å². The van der Waals surface area contributed by atoms with E-state index in [1.54, 1.807) is 6.92 Å². The minimum atomic E-state index is -0.258. The molecule has 0 bridgehead atoms. The molecule has 0 radical (unpaired) electrons. The predicted octanol–water partition coefficient (Wildman–Crippen LogP) is 2.78. The van der Waals surface area contributed by atoms with E-state index in [9.17, 15) is 9.59 Å². The lowest BCUT2D eigenvalue weighted by molar-refractivity contribution is -0.128. The summed E-state index contributed by atoms with van der Waals surface area (Å²) in [4.78, 5) is 24.6. The number of nitrogens with two attached hydrogens (primary N) is 1. The first-order chi connectivity index (χ1) is 11.1. The van der Waals surface area contributed by atoms with Crippen LogP contribution in [0, 0.1) is 0 Å². The van der Waals surface area contributed by atoms with Gasteiger partial charge >= 0.3 is 0 Å². The minimum absolute atomic E-state index is 0.258. The molecule has 0 aliphatic carbocycles. The monoisotopic (exact) mass is 316 g/mol. The van der Waals surface area contributed by atoms with Crippen LogP contribution in [0.4, 0.5) is 0 Å². The number of carbonyl (C=O) groups excluding carboxylic acids is 2. The molecule has 2 aromatic rings. The number of aryl methyl sites for hydroxylation is 2. The Morgan fingerprint density at radius 3 is 2.57 bits per heavy atom. The largest absolute Gasteiger partial charge is 0.468 e. The van der Waals surface area contributed by atoms with Gasteiger partial charge in [-0.05, 0) is 43.5 Å². The molecule has 5 nitrogen and oxygen atoms in total. The third-order valence-electron chi connectivity index (χ3n) is 3.21. The summed E-state index contributed by atoms with van der Waals surface area (Å²) in [5, 5.41) is 1.12. The van der Waals surface area contributed by atoms with Crippen LogP contribution < -0.4 is 5.73 Å². The van der Waals surface area contributed by atoms with Gasteiger partial charge in [0.2, 0.25) is 5.91 Å². The fourth-order valence-electron chi connectivity index (χ4n) is 2.10. The minimum Gasteiger partial charge on any atom is -0.468 e. The lowest BCUT2D eigenvalue weighted by Crippen LogP contribution is -2.11. The van der Waals surface area contributed by atoms with Crippen molar-refractivity contribution in [3.63, 3.8) is 0 Å². The molecule has 0 atom stereocenters. The molecule has 0 unspecified atom stereocenters. The second-order valence-electron chi connectivity index (χ2n) is 5.10. The van der Waals surface area contributed by atoms with E-state index in [0.29, 0.717) is 25.9 Å². The first-order valence-corrected chi connectivity index (χ1v) is 7.82. The molecule has 23 heavy (non-hydrogen) atoms. The van der Waals surface area contributed by atoms with Crippen LogP contribution >= 0.6 is 0 Å². The topological polar surface area (TPSA) is 82.3 Å². The van der Waals surface area contributed by atoms with Crippen LogP contribution in [0.15, 0.2) is 30.3 Å². The summed E-state index contributed by atoms with van der Waals surface area (Å²) >= 11 is 0. The lowest BCUT2D eigenvalue weighted by atomic mass is 10.1. The summed E-state index contributed by atoms with van der Waals surface area (Å²) in [6, 6.07) is 10.3. The molecule has 1 aromatic heterocycles. The zero-order valence-corrected chi connectivity index (χ0v) is 13.7. The molecule has 0 aliphatic heterocycles. The zero-order chi connectivity index (χ0) is 17.1. The number of carbonyl (C=O) groups is 2. The highest BCUT2D eigenvalue weighted by molar-refractivity contribution is 5.80. The van der Waals surface area contributed by atoms with Gasteiger partial charge < -0.3 is 10.5 Å². The Balaban J connectivity index is 0.000000463. The molecule has 124 valence electrons.